The first-order chi connectivity index (χ1) is 9.46. The zero-order chi connectivity index (χ0) is 14.6. The maximum atomic E-state index is 12.3. The molecule has 2 aromatic rings. The molecule has 0 atom stereocenters. The second-order valence-corrected chi connectivity index (χ2v) is 10.8. The molecular weight excluding hydrogens is 286 g/mol. The van der Waals surface area contributed by atoms with Gasteiger partial charge in [0.15, 0.2) is 5.78 Å². The third-order valence-electron chi connectivity index (χ3n) is 2.51. The van der Waals surface area contributed by atoms with Gasteiger partial charge in [-0.15, -0.1) is 11.3 Å². The fraction of sp³-hybridized carbons (Fsp3) is 0.267. The highest BCUT2D eigenvalue weighted by Gasteiger charge is 2.23. The molecule has 1 aromatic carbocycles. The molecule has 1 heterocycles. The lowest BCUT2D eigenvalue weighted by molar-refractivity contribution is 0.0976. The third kappa shape index (κ3) is 4.30. The third-order valence-corrected chi connectivity index (χ3v) is 4.19. The Morgan fingerprint density at radius 2 is 1.85 bits per heavy atom. The normalized spacial score (nSPS) is 11.3. The van der Waals surface area contributed by atoms with E-state index in [1.54, 1.807) is 5.06 Å². The lowest BCUT2D eigenvalue weighted by Crippen LogP contribution is -2.40. The quantitative estimate of drug-likeness (QED) is 0.455. The number of thiophene rings is 1. The Kier molecular flexibility index (Phi) is 4.75. The molecule has 0 unspecified atom stereocenters. The lowest BCUT2D eigenvalue weighted by Gasteiger charge is -2.30. The van der Waals surface area contributed by atoms with E-state index in [2.05, 4.69) is 19.6 Å². The summed E-state index contributed by atoms with van der Waals surface area (Å²) in [4.78, 5) is 13.0. The Morgan fingerprint density at radius 3 is 2.40 bits per heavy atom. The van der Waals surface area contributed by atoms with Crippen molar-refractivity contribution in [3.63, 3.8) is 0 Å². The molecule has 0 N–H and O–H groups in total. The summed E-state index contributed by atoms with van der Waals surface area (Å²) in [6, 6.07) is 13.5. The number of benzene rings is 1. The highest BCUT2D eigenvalue weighted by Crippen LogP contribution is 2.19. The van der Waals surface area contributed by atoms with E-state index < -0.39 is 8.32 Å². The average molecular weight is 305 g/mol. The van der Waals surface area contributed by atoms with E-state index in [4.69, 9.17) is 4.53 Å². The molecule has 3 nitrogen and oxygen atoms in total. The van der Waals surface area contributed by atoms with Crippen molar-refractivity contribution in [3.8, 4) is 0 Å². The lowest BCUT2D eigenvalue weighted by atomic mass is 10.3. The van der Waals surface area contributed by atoms with Crippen molar-refractivity contribution in [2.45, 2.75) is 19.6 Å². The Balaban J connectivity index is 2.17. The SMILES string of the molecule is C[Si](C)(C)ON(CC(=O)c1cccs1)c1ccccc1. The molecule has 0 aliphatic carbocycles. The van der Waals surface area contributed by atoms with Crippen LogP contribution in [0, 0.1) is 0 Å². The van der Waals surface area contributed by atoms with E-state index in [0.717, 1.165) is 10.6 Å². The average Bonchev–Trinajstić information content (AvgIpc) is 2.91. The van der Waals surface area contributed by atoms with Gasteiger partial charge >= 0.3 is 0 Å². The van der Waals surface area contributed by atoms with Gasteiger partial charge in [-0.3, -0.25) is 9.86 Å². The van der Waals surface area contributed by atoms with Crippen molar-refractivity contribution < 1.29 is 9.32 Å². The van der Waals surface area contributed by atoms with Crippen LogP contribution in [-0.2, 0) is 4.53 Å². The molecule has 0 bridgehead atoms. The number of Topliss-reactive ketones (excluding diaryl/α,β-unsaturated/α-hetero) is 1. The molecule has 2 rings (SSSR count). The number of hydrogen-bond acceptors (Lipinski definition) is 4. The summed E-state index contributed by atoms with van der Waals surface area (Å²) in [7, 11) is -1.78. The zero-order valence-corrected chi connectivity index (χ0v) is 13.8. The van der Waals surface area contributed by atoms with Gasteiger partial charge in [-0.25, -0.2) is 0 Å². The number of carbonyl (C=O) groups is 1. The van der Waals surface area contributed by atoms with Gasteiger partial charge in [0, 0.05) is 0 Å². The van der Waals surface area contributed by atoms with Crippen LogP contribution in [0.5, 0.6) is 0 Å². The number of hydrogen-bond donors (Lipinski definition) is 0. The number of ketones is 1. The van der Waals surface area contributed by atoms with Crippen molar-refractivity contribution in [2.75, 3.05) is 11.6 Å². The van der Waals surface area contributed by atoms with Gasteiger partial charge in [-0.05, 0) is 43.2 Å². The Bertz CT molecular complexity index is 549. The first kappa shape index (κ1) is 15.0. The van der Waals surface area contributed by atoms with Crippen LogP contribution in [-0.4, -0.2) is 20.6 Å². The predicted octanol–water partition coefficient (Wildman–Crippen LogP) is 4.20. The summed E-state index contributed by atoms with van der Waals surface area (Å²) >= 11 is 1.47. The number of nitrogens with zero attached hydrogens (tertiary/aromatic N) is 1. The number of para-hydroxylation sites is 1. The topological polar surface area (TPSA) is 29.5 Å². The molecule has 0 radical (unpaired) electrons. The molecule has 0 saturated carbocycles. The molecule has 0 aliphatic heterocycles. The highest BCUT2D eigenvalue weighted by molar-refractivity contribution is 7.12. The standard InChI is InChI=1S/C15H19NO2SSi/c1-20(2,3)18-16(13-8-5-4-6-9-13)12-14(17)15-10-7-11-19-15/h4-11H,12H2,1-3H3. The predicted molar refractivity (Wildman–Crippen MR) is 86.9 cm³/mol. The summed E-state index contributed by atoms with van der Waals surface area (Å²) in [5.74, 6) is 0.0853. The Labute approximate surface area is 124 Å². The smallest absolute Gasteiger partial charge is 0.220 e. The fourth-order valence-corrected chi connectivity index (χ4v) is 3.23. The van der Waals surface area contributed by atoms with Crippen molar-refractivity contribution in [3.05, 3.63) is 52.7 Å². The van der Waals surface area contributed by atoms with Crippen molar-refractivity contribution in [2.24, 2.45) is 0 Å². The first-order valence-corrected chi connectivity index (χ1v) is 10.8. The minimum atomic E-state index is -1.78. The molecular formula is C15H19NO2SSi. The van der Waals surface area contributed by atoms with Gasteiger partial charge in [0.1, 0.15) is 6.54 Å². The van der Waals surface area contributed by atoms with E-state index >= 15 is 0 Å². The molecule has 106 valence electrons. The van der Waals surface area contributed by atoms with E-state index in [0.29, 0.717) is 0 Å². The first-order valence-electron chi connectivity index (χ1n) is 6.54. The van der Waals surface area contributed by atoms with Crippen LogP contribution in [0.2, 0.25) is 19.6 Å². The van der Waals surface area contributed by atoms with Crippen LogP contribution in [0.15, 0.2) is 47.8 Å². The van der Waals surface area contributed by atoms with E-state index in [1.807, 2.05) is 47.8 Å². The van der Waals surface area contributed by atoms with Gasteiger partial charge in [0.25, 0.3) is 0 Å². The van der Waals surface area contributed by atoms with Crippen LogP contribution in [0.4, 0.5) is 5.69 Å². The number of hydroxylamine groups is 1. The Hall–Kier alpha value is -1.43. The molecule has 0 aliphatic rings. The maximum Gasteiger partial charge on any atom is 0.220 e. The summed E-state index contributed by atoms with van der Waals surface area (Å²) < 4.78 is 6.05. The number of rotatable bonds is 6. The molecule has 0 saturated heterocycles. The molecule has 5 heteroatoms. The number of anilines is 1. The minimum absolute atomic E-state index is 0.0853. The van der Waals surface area contributed by atoms with Gasteiger partial charge in [0.2, 0.25) is 8.32 Å². The monoisotopic (exact) mass is 305 g/mol. The van der Waals surface area contributed by atoms with Crippen LogP contribution >= 0.6 is 11.3 Å². The van der Waals surface area contributed by atoms with Crippen LogP contribution < -0.4 is 5.06 Å². The van der Waals surface area contributed by atoms with Crippen LogP contribution in [0.3, 0.4) is 0 Å². The summed E-state index contributed by atoms with van der Waals surface area (Å²) in [5.41, 5.74) is 0.917. The minimum Gasteiger partial charge on any atom is -0.320 e. The zero-order valence-electron chi connectivity index (χ0n) is 12.0. The molecule has 0 spiro atoms. The van der Waals surface area contributed by atoms with Crippen molar-refractivity contribution >= 4 is 31.1 Å². The molecule has 1 aromatic heterocycles. The Morgan fingerprint density at radius 1 is 1.15 bits per heavy atom. The largest absolute Gasteiger partial charge is 0.320 e. The number of carbonyl (C=O) groups excluding carboxylic acids is 1. The summed E-state index contributed by atoms with van der Waals surface area (Å²) in [6.07, 6.45) is 0. The van der Waals surface area contributed by atoms with Gasteiger partial charge in [-0.1, -0.05) is 24.3 Å². The second kappa shape index (κ2) is 6.34. The van der Waals surface area contributed by atoms with Gasteiger partial charge < -0.3 is 4.53 Å². The van der Waals surface area contributed by atoms with Crippen molar-refractivity contribution in [1.29, 1.82) is 0 Å². The van der Waals surface area contributed by atoms with Crippen LogP contribution in [0.25, 0.3) is 0 Å². The van der Waals surface area contributed by atoms with Gasteiger partial charge in [-0.2, -0.15) is 0 Å². The van der Waals surface area contributed by atoms with Gasteiger partial charge in [0.05, 0.1) is 10.6 Å². The van der Waals surface area contributed by atoms with Crippen LogP contribution in [0.1, 0.15) is 9.67 Å². The highest BCUT2D eigenvalue weighted by atomic mass is 32.1. The summed E-state index contributed by atoms with van der Waals surface area (Å²) in [6.45, 7) is 6.57. The van der Waals surface area contributed by atoms with Crippen molar-refractivity contribution in [1.82, 2.24) is 0 Å². The maximum absolute atomic E-state index is 12.3. The van der Waals surface area contributed by atoms with E-state index in [-0.39, 0.29) is 12.3 Å². The molecule has 20 heavy (non-hydrogen) atoms. The fourth-order valence-electron chi connectivity index (χ4n) is 1.75. The van der Waals surface area contributed by atoms with E-state index in [1.165, 1.54) is 11.3 Å². The summed E-state index contributed by atoms with van der Waals surface area (Å²) in [5, 5.41) is 3.65. The second-order valence-electron chi connectivity index (χ2n) is 5.48. The van der Waals surface area contributed by atoms with E-state index in [9.17, 15) is 4.79 Å². The molecule has 0 fully saturated rings. The molecule has 0 amide bonds.